The number of carbonyl (C=O) groups excluding carboxylic acids is 4. The monoisotopic (exact) mass is 831 g/mol. The molecule has 4 amide bonds. The number of benzene rings is 1. The van der Waals surface area contributed by atoms with Gasteiger partial charge < -0.3 is 56.0 Å². The Balaban J connectivity index is 1.04. The van der Waals surface area contributed by atoms with Gasteiger partial charge in [-0.2, -0.15) is 0 Å². The van der Waals surface area contributed by atoms with Gasteiger partial charge in [0.05, 0.1) is 50.9 Å². The first-order valence-electron chi connectivity index (χ1n) is 21.8. The summed E-state index contributed by atoms with van der Waals surface area (Å²) in [5.41, 5.74) is 4.29. The van der Waals surface area contributed by atoms with E-state index in [4.69, 9.17) is 24.7 Å². The van der Waals surface area contributed by atoms with Crippen LogP contribution in [0.1, 0.15) is 122 Å². The van der Waals surface area contributed by atoms with Gasteiger partial charge in [0.2, 0.25) is 11.8 Å². The highest BCUT2D eigenvalue weighted by atomic mass is 16.6. The molecule has 15 heteroatoms. The molecule has 4 aliphatic carbocycles. The van der Waals surface area contributed by atoms with Crippen molar-refractivity contribution in [3.05, 3.63) is 17.7 Å². The van der Waals surface area contributed by atoms with E-state index in [1.165, 1.54) is 32.1 Å². The van der Waals surface area contributed by atoms with Crippen molar-refractivity contribution in [2.45, 2.75) is 129 Å². The van der Waals surface area contributed by atoms with Gasteiger partial charge in [-0.3, -0.25) is 14.4 Å². The second kappa shape index (κ2) is 20.3. The van der Waals surface area contributed by atoms with Gasteiger partial charge in [0.1, 0.15) is 24.0 Å². The lowest BCUT2D eigenvalue weighted by molar-refractivity contribution is -0.179. The summed E-state index contributed by atoms with van der Waals surface area (Å²) >= 11 is 0. The van der Waals surface area contributed by atoms with E-state index < -0.39 is 41.3 Å². The summed E-state index contributed by atoms with van der Waals surface area (Å²) in [4.78, 5) is 49.8. The number of aliphatic hydroxyl groups excluding tert-OH is 1. The highest BCUT2D eigenvalue weighted by Crippen LogP contribution is 2.69. The predicted octanol–water partition coefficient (Wildman–Crippen LogP) is 5.03. The maximum Gasteiger partial charge on any atom is 0.407 e. The van der Waals surface area contributed by atoms with Gasteiger partial charge >= 0.3 is 6.09 Å². The summed E-state index contributed by atoms with van der Waals surface area (Å²) in [7, 11) is 1.32. The maximum atomic E-state index is 13.3. The van der Waals surface area contributed by atoms with Crippen molar-refractivity contribution in [2.75, 3.05) is 51.9 Å². The Kier molecular flexibility index (Phi) is 15.9. The van der Waals surface area contributed by atoms with Crippen LogP contribution in [0.2, 0.25) is 0 Å². The molecule has 4 saturated carbocycles. The number of rotatable bonds is 20. The Morgan fingerprint density at radius 1 is 0.898 bits per heavy atom. The molecule has 1 aromatic rings. The number of alkyl carbamates (subject to hydrolysis) is 1. The molecule has 332 valence electrons. The van der Waals surface area contributed by atoms with Crippen molar-refractivity contribution < 1.29 is 53.4 Å². The molecule has 10 atom stereocenters. The molecule has 0 heterocycles. The summed E-state index contributed by atoms with van der Waals surface area (Å²) in [6.45, 7) is 9.01. The SMILES string of the molecule is CCCCCC[C@](C)(O)[C@H]1CC[C@H]2[C@@H]3C[C@H](OC(=O)NCC(=O)NCCOCCOCC(=O)Nc4ccc(OC)c(C(N)=O)c4O)[C@H]4C[C@@H](O)CC[C@]4(C)[C@H]3CC[C@@]21C. The number of primary amides is 1. The molecule has 0 bridgehead atoms. The highest BCUT2D eigenvalue weighted by molar-refractivity contribution is 6.02. The molecule has 0 spiro atoms. The van der Waals surface area contributed by atoms with Crippen molar-refractivity contribution in [2.24, 2.45) is 46.2 Å². The van der Waals surface area contributed by atoms with Crippen LogP contribution in [-0.2, 0) is 23.8 Å². The first-order valence-corrected chi connectivity index (χ1v) is 21.8. The molecule has 15 nitrogen and oxygen atoms in total. The number of nitrogens with two attached hydrogens (primary N) is 1. The number of hydrogen-bond acceptors (Lipinski definition) is 11. The fourth-order valence-electron chi connectivity index (χ4n) is 11.8. The summed E-state index contributed by atoms with van der Waals surface area (Å²) in [5.74, 6) is -0.775. The normalized spacial score (nSPS) is 30.8. The van der Waals surface area contributed by atoms with Crippen LogP contribution in [-0.4, -0.2) is 104 Å². The van der Waals surface area contributed by atoms with Gasteiger partial charge in [-0.25, -0.2) is 4.79 Å². The molecular formula is C44H70N4O11. The van der Waals surface area contributed by atoms with E-state index in [1.807, 2.05) is 0 Å². The number of ether oxygens (including phenoxy) is 4. The molecule has 4 fully saturated rings. The first kappa shape index (κ1) is 46.4. The molecule has 0 aromatic heterocycles. The van der Waals surface area contributed by atoms with E-state index in [1.54, 1.807) is 0 Å². The van der Waals surface area contributed by atoms with Crippen molar-refractivity contribution >= 4 is 29.5 Å². The van der Waals surface area contributed by atoms with E-state index >= 15 is 0 Å². The van der Waals surface area contributed by atoms with Crippen LogP contribution in [0.4, 0.5) is 10.5 Å². The van der Waals surface area contributed by atoms with Gasteiger partial charge in [0.15, 0.2) is 5.75 Å². The summed E-state index contributed by atoms with van der Waals surface area (Å²) in [5, 5.41) is 40.8. The number of carbonyl (C=O) groups is 4. The van der Waals surface area contributed by atoms with Crippen molar-refractivity contribution in [1.29, 1.82) is 0 Å². The van der Waals surface area contributed by atoms with Crippen LogP contribution >= 0.6 is 0 Å². The Bertz CT molecular complexity index is 1620. The minimum absolute atomic E-state index is 0.0218. The Labute approximate surface area is 349 Å². The van der Waals surface area contributed by atoms with E-state index in [0.29, 0.717) is 24.2 Å². The van der Waals surface area contributed by atoms with Crippen LogP contribution < -0.4 is 26.4 Å². The number of anilines is 1. The van der Waals surface area contributed by atoms with Crippen LogP contribution in [0.15, 0.2) is 12.1 Å². The predicted molar refractivity (Wildman–Crippen MR) is 221 cm³/mol. The molecule has 0 radical (unpaired) electrons. The number of methoxy groups -OCH3 is 1. The van der Waals surface area contributed by atoms with Crippen molar-refractivity contribution in [1.82, 2.24) is 10.6 Å². The van der Waals surface area contributed by atoms with Crippen molar-refractivity contribution in [3.8, 4) is 11.5 Å². The summed E-state index contributed by atoms with van der Waals surface area (Å²) in [6, 6.07) is 2.77. The standard InChI is InChI=1S/C44H70N4O11/c1-6-7-8-9-16-44(4,55)35-13-10-29-28-24-34(31-23-27(49)14-17-42(31,2)30(28)15-18-43(29,35)3)59-41(54)47-25-36(50)46-19-20-57-21-22-58-26-37(51)48-32-11-12-33(56-5)38(39(32)52)40(45)53/h11-12,27-31,34-35,49,52,55H,6-10,13-26H2,1-5H3,(H2,45,53)(H,46,50)(H,47,54)(H,48,51)/t27-,28-,29-,30-,31+,34-,35-,42+,43-,44-/m0/s1. The van der Waals surface area contributed by atoms with Crippen LogP contribution in [0.3, 0.4) is 0 Å². The van der Waals surface area contributed by atoms with E-state index in [-0.39, 0.29) is 85.3 Å². The lowest BCUT2D eigenvalue weighted by Crippen LogP contribution is -2.60. The average molecular weight is 831 g/mol. The fraction of sp³-hybridized carbons (Fsp3) is 0.773. The summed E-state index contributed by atoms with van der Waals surface area (Å²) < 4.78 is 22.0. The highest BCUT2D eigenvalue weighted by Gasteiger charge is 2.64. The van der Waals surface area contributed by atoms with Crippen LogP contribution in [0, 0.1) is 40.4 Å². The number of amides is 4. The Hall–Kier alpha value is -3.66. The fourth-order valence-corrected chi connectivity index (χ4v) is 11.8. The minimum Gasteiger partial charge on any atom is -0.505 e. The zero-order valence-corrected chi connectivity index (χ0v) is 35.8. The maximum absolute atomic E-state index is 13.3. The number of unbranched alkanes of at least 4 members (excludes halogenated alkanes) is 3. The second-order valence-electron chi connectivity index (χ2n) is 18.3. The third kappa shape index (κ3) is 10.8. The van der Waals surface area contributed by atoms with E-state index in [0.717, 1.165) is 64.2 Å². The zero-order chi connectivity index (χ0) is 43.0. The minimum atomic E-state index is -0.912. The number of fused-ring (bicyclic) bond motifs is 5. The zero-order valence-electron chi connectivity index (χ0n) is 35.8. The molecule has 4 aliphatic rings. The molecule has 0 unspecified atom stereocenters. The second-order valence-corrected chi connectivity index (χ2v) is 18.3. The van der Waals surface area contributed by atoms with Gasteiger partial charge in [-0.15, -0.1) is 0 Å². The lowest BCUT2D eigenvalue weighted by atomic mass is 9.43. The van der Waals surface area contributed by atoms with E-state index in [9.17, 15) is 34.5 Å². The van der Waals surface area contributed by atoms with Crippen LogP contribution in [0.5, 0.6) is 11.5 Å². The number of phenols is 1. The Morgan fingerprint density at radius 3 is 2.36 bits per heavy atom. The molecule has 1 aromatic carbocycles. The molecule has 59 heavy (non-hydrogen) atoms. The smallest absolute Gasteiger partial charge is 0.407 e. The largest absolute Gasteiger partial charge is 0.505 e. The number of aromatic hydroxyl groups is 1. The molecular weight excluding hydrogens is 761 g/mol. The molecule has 5 rings (SSSR count). The van der Waals surface area contributed by atoms with E-state index in [2.05, 4.69) is 43.6 Å². The Morgan fingerprint density at radius 2 is 1.63 bits per heavy atom. The number of aliphatic hydroxyl groups is 2. The molecule has 0 aliphatic heterocycles. The van der Waals surface area contributed by atoms with Gasteiger partial charge in [-0.1, -0.05) is 46.5 Å². The number of nitrogens with one attached hydrogen (secondary N) is 3. The van der Waals surface area contributed by atoms with Gasteiger partial charge in [-0.05, 0) is 111 Å². The van der Waals surface area contributed by atoms with Gasteiger partial charge in [0.25, 0.3) is 5.91 Å². The third-order valence-electron chi connectivity index (χ3n) is 14.6. The van der Waals surface area contributed by atoms with Crippen LogP contribution in [0.25, 0.3) is 0 Å². The first-order chi connectivity index (χ1) is 28.0. The van der Waals surface area contributed by atoms with Crippen molar-refractivity contribution in [3.63, 3.8) is 0 Å². The lowest BCUT2D eigenvalue weighted by Gasteiger charge is -2.62. The average Bonchev–Trinajstić information content (AvgIpc) is 3.56. The molecule has 0 saturated heterocycles. The third-order valence-corrected chi connectivity index (χ3v) is 14.6. The summed E-state index contributed by atoms with van der Waals surface area (Å²) in [6.07, 6.45) is 11.2. The quantitative estimate of drug-likeness (QED) is 0.0681. The molecule has 8 N–H and O–H groups in total. The number of hydrogen-bond donors (Lipinski definition) is 7. The topological polar surface area (TPSA) is 228 Å². The van der Waals surface area contributed by atoms with Gasteiger partial charge in [0, 0.05) is 12.5 Å².